The van der Waals surface area contributed by atoms with Crippen molar-refractivity contribution in [3.05, 3.63) is 29.8 Å². The summed E-state index contributed by atoms with van der Waals surface area (Å²) in [7, 11) is 0. The van der Waals surface area contributed by atoms with E-state index in [0.29, 0.717) is 18.4 Å². The first kappa shape index (κ1) is 18.1. The number of aliphatic imine (C=N–C) groups is 1. The Morgan fingerprint density at radius 3 is 2.71 bits per heavy atom. The van der Waals surface area contributed by atoms with E-state index in [2.05, 4.69) is 27.4 Å². The number of nitrogens with two attached hydrogens (primary N) is 1. The summed E-state index contributed by atoms with van der Waals surface area (Å²) in [6, 6.07) is 7.59. The van der Waals surface area contributed by atoms with Crippen LogP contribution in [0, 0.1) is 5.92 Å². The molecule has 24 heavy (non-hydrogen) atoms. The average molecular weight is 331 g/mol. The molecule has 0 spiro atoms. The molecule has 1 fully saturated rings. The minimum Gasteiger partial charge on any atom is -0.370 e. The zero-order valence-electron chi connectivity index (χ0n) is 14.9. The summed E-state index contributed by atoms with van der Waals surface area (Å²) < 4.78 is 0. The Labute approximate surface area is 144 Å². The second kappa shape index (κ2) is 8.57. The SMILES string of the molecule is CC1CCCN(C(N)=NCc2ccc(NC(=O)NC(C)C)cc2)C1. The number of carbonyl (C=O) groups excluding carboxylic acids is 1. The van der Waals surface area contributed by atoms with Crippen LogP contribution in [0.1, 0.15) is 39.2 Å². The number of nitrogens with zero attached hydrogens (tertiary/aromatic N) is 2. The summed E-state index contributed by atoms with van der Waals surface area (Å²) in [5.74, 6) is 1.30. The number of amides is 2. The molecule has 0 saturated carbocycles. The molecule has 1 atom stereocenters. The fourth-order valence-corrected chi connectivity index (χ4v) is 2.79. The van der Waals surface area contributed by atoms with Gasteiger partial charge >= 0.3 is 6.03 Å². The van der Waals surface area contributed by atoms with Gasteiger partial charge in [0.05, 0.1) is 6.54 Å². The lowest BCUT2D eigenvalue weighted by Gasteiger charge is -2.31. The predicted octanol–water partition coefficient (Wildman–Crippen LogP) is 2.76. The Kier molecular flexibility index (Phi) is 6.46. The van der Waals surface area contributed by atoms with Gasteiger partial charge in [-0.2, -0.15) is 0 Å². The van der Waals surface area contributed by atoms with Crippen molar-refractivity contribution in [2.24, 2.45) is 16.6 Å². The Balaban J connectivity index is 1.87. The zero-order valence-corrected chi connectivity index (χ0v) is 14.9. The first-order valence-corrected chi connectivity index (χ1v) is 8.65. The Morgan fingerprint density at radius 2 is 2.08 bits per heavy atom. The summed E-state index contributed by atoms with van der Waals surface area (Å²) in [4.78, 5) is 18.3. The minimum atomic E-state index is -0.195. The van der Waals surface area contributed by atoms with E-state index in [0.717, 1.165) is 24.3 Å². The zero-order chi connectivity index (χ0) is 17.5. The van der Waals surface area contributed by atoms with Gasteiger partial charge in [0.15, 0.2) is 5.96 Å². The van der Waals surface area contributed by atoms with Gasteiger partial charge in [0.2, 0.25) is 0 Å². The molecular formula is C18H29N5O. The first-order valence-electron chi connectivity index (χ1n) is 8.65. The molecule has 1 heterocycles. The van der Waals surface area contributed by atoms with Crippen LogP contribution in [0.3, 0.4) is 0 Å². The van der Waals surface area contributed by atoms with Crippen molar-refractivity contribution >= 4 is 17.7 Å². The number of piperidine rings is 1. The fourth-order valence-electron chi connectivity index (χ4n) is 2.79. The second-order valence-electron chi connectivity index (χ2n) is 6.82. The van der Waals surface area contributed by atoms with Crippen LogP contribution >= 0.6 is 0 Å². The first-order chi connectivity index (χ1) is 11.4. The van der Waals surface area contributed by atoms with E-state index < -0.39 is 0 Å². The topological polar surface area (TPSA) is 82.8 Å². The number of urea groups is 1. The molecule has 4 N–H and O–H groups in total. The van der Waals surface area contributed by atoms with Crippen molar-refractivity contribution in [2.45, 2.75) is 46.2 Å². The highest BCUT2D eigenvalue weighted by atomic mass is 16.2. The highest BCUT2D eigenvalue weighted by Gasteiger charge is 2.17. The maximum Gasteiger partial charge on any atom is 0.319 e. The third-order valence-electron chi connectivity index (χ3n) is 4.04. The lowest BCUT2D eigenvalue weighted by atomic mass is 10.0. The van der Waals surface area contributed by atoms with Crippen molar-refractivity contribution in [3.8, 4) is 0 Å². The highest BCUT2D eigenvalue weighted by molar-refractivity contribution is 5.89. The molecule has 0 aromatic heterocycles. The molecule has 1 aromatic rings. The number of likely N-dealkylation sites (tertiary alicyclic amines) is 1. The number of guanidine groups is 1. The normalized spacial score (nSPS) is 18.6. The van der Waals surface area contributed by atoms with Crippen LogP contribution in [-0.4, -0.2) is 36.0 Å². The third kappa shape index (κ3) is 5.76. The average Bonchev–Trinajstić information content (AvgIpc) is 2.53. The van der Waals surface area contributed by atoms with Gasteiger partial charge in [-0.3, -0.25) is 0 Å². The van der Waals surface area contributed by atoms with Gasteiger partial charge in [-0.05, 0) is 50.3 Å². The van der Waals surface area contributed by atoms with E-state index in [-0.39, 0.29) is 12.1 Å². The number of hydrogen-bond acceptors (Lipinski definition) is 2. The van der Waals surface area contributed by atoms with E-state index in [1.54, 1.807) is 0 Å². The molecule has 2 amide bonds. The minimum absolute atomic E-state index is 0.110. The molecule has 132 valence electrons. The smallest absolute Gasteiger partial charge is 0.319 e. The molecule has 1 aliphatic heterocycles. The molecule has 1 aliphatic rings. The summed E-state index contributed by atoms with van der Waals surface area (Å²) >= 11 is 0. The van der Waals surface area contributed by atoms with Crippen molar-refractivity contribution in [1.29, 1.82) is 0 Å². The number of anilines is 1. The number of benzene rings is 1. The van der Waals surface area contributed by atoms with Gasteiger partial charge in [-0.25, -0.2) is 9.79 Å². The van der Waals surface area contributed by atoms with Crippen molar-refractivity contribution in [3.63, 3.8) is 0 Å². The number of carbonyl (C=O) groups is 1. The molecule has 6 heteroatoms. The van der Waals surface area contributed by atoms with Crippen molar-refractivity contribution in [1.82, 2.24) is 10.2 Å². The van der Waals surface area contributed by atoms with Crippen LogP contribution in [0.15, 0.2) is 29.3 Å². The Bertz CT molecular complexity index is 567. The second-order valence-corrected chi connectivity index (χ2v) is 6.82. The van der Waals surface area contributed by atoms with E-state index in [1.807, 2.05) is 38.1 Å². The van der Waals surface area contributed by atoms with E-state index in [4.69, 9.17) is 5.73 Å². The Hall–Kier alpha value is -2.24. The van der Waals surface area contributed by atoms with E-state index in [1.165, 1.54) is 12.8 Å². The van der Waals surface area contributed by atoms with Crippen LogP contribution in [0.5, 0.6) is 0 Å². The largest absolute Gasteiger partial charge is 0.370 e. The summed E-state index contributed by atoms with van der Waals surface area (Å²) in [6.45, 7) is 8.63. The molecule has 1 unspecified atom stereocenters. The molecular weight excluding hydrogens is 302 g/mol. The quantitative estimate of drug-likeness (QED) is 0.586. The van der Waals surface area contributed by atoms with Crippen LogP contribution < -0.4 is 16.4 Å². The van der Waals surface area contributed by atoms with E-state index >= 15 is 0 Å². The standard InChI is InChI=1S/C18H29N5O/c1-13(2)21-18(24)22-16-8-6-15(7-9-16)11-20-17(19)23-10-4-5-14(3)12-23/h6-9,13-14H,4-5,10-12H2,1-3H3,(H2,19,20)(H2,21,22,24). The van der Waals surface area contributed by atoms with Crippen LogP contribution in [0.25, 0.3) is 0 Å². The Morgan fingerprint density at radius 1 is 1.38 bits per heavy atom. The lowest BCUT2D eigenvalue weighted by molar-refractivity contribution is 0.250. The maximum absolute atomic E-state index is 11.7. The van der Waals surface area contributed by atoms with Crippen LogP contribution in [-0.2, 0) is 6.54 Å². The van der Waals surface area contributed by atoms with E-state index in [9.17, 15) is 4.79 Å². The monoisotopic (exact) mass is 331 g/mol. The van der Waals surface area contributed by atoms with Gasteiger partial charge in [0, 0.05) is 24.8 Å². The van der Waals surface area contributed by atoms with Gasteiger partial charge in [0.25, 0.3) is 0 Å². The van der Waals surface area contributed by atoms with Crippen LogP contribution in [0.2, 0.25) is 0 Å². The summed E-state index contributed by atoms with van der Waals surface area (Å²) in [5, 5.41) is 5.59. The molecule has 1 saturated heterocycles. The number of nitrogens with one attached hydrogen (secondary N) is 2. The number of rotatable bonds is 4. The predicted molar refractivity (Wildman–Crippen MR) is 99.0 cm³/mol. The van der Waals surface area contributed by atoms with Crippen LogP contribution in [0.4, 0.5) is 10.5 Å². The molecule has 2 rings (SSSR count). The molecule has 0 radical (unpaired) electrons. The van der Waals surface area contributed by atoms with Crippen molar-refractivity contribution < 1.29 is 4.79 Å². The van der Waals surface area contributed by atoms with Gasteiger partial charge < -0.3 is 21.3 Å². The van der Waals surface area contributed by atoms with Gasteiger partial charge in [-0.1, -0.05) is 19.1 Å². The molecule has 1 aromatic carbocycles. The number of hydrogen-bond donors (Lipinski definition) is 3. The molecule has 0 bridgehead atoms. The highest BCUT2D eigenvalue weighted by Crippen LogP contribution is 2.15. The fraction of sp³-hybridized carbons (Fsp3) is 0.556. The summed E-state index contributed by atoms with van der Waals surface area (Å²) in [5.41, 5.74) is 7.94. The van der Waals surface area contributed by atoms with Gasteiger partial charge in [-0.15, -0.1) is 0 Å². The molecule has 0 aliphatic carbocycles. The van der Waals surface area contributed by atoms with Crippen molar-refractivity contribution in [2.75, 3.05) is 18.4 Å². The maximum atomic E-state index is 11.7. The van der Waals surface area contributed by atoms with Gasteiger partial charge in [0.1, 0.15) is 0 Å². The molecule has 6 nitrogen and oxygen atoms in total. The summed E-state index contributed by atoms with van der Waals surface area (Å²) in [6.07, 6.45) is 2.44. The third-order valence-corrected chi connectivity index (χ3v) is 4.04. The lowest BCUT2D eigenvalue weighted by Crippen LogP contribution is -2.43.